The number of aromatic nitrogens is 1. The number of benzene rings is 1. The van der Waals surface area contributed by atoms with Crippen molar-refractivity contribution in [1.82, 2.24) is 14.8 Å². The van der Waals surface area contributed by atoms with Crippen molar-refractivity contribution in [3.63, 3.8) is 0 Å². The standard InChI is InChI=1S/C23H27N3O5/c1-4-25(5-2)11-12-26-20(15-7-6-10-24-14-15)19(22(29)23(26)30)21(28)17-9-8-16(31-3)13-18(17)27/h6-10,13-14,20,27-28H,4-5,11-12H2,1-3H3/t20-/m0/s1. The third-order valence-corrected chi connectivity index (χ3v) is 5.55. The van der Waals surface area contributed by atoms with Crippen LogP contribution in [0.1, 0.15) is 31.0 Å². The van der Waals surface area contributed by atoms with Crippen molar-refractivity contribution < 1.29 is 24.5 Å². The molecule has 8 heteroatoms. The molecule has 1 saturated heterocycles. The Morgan fingerprint density at radius 3 is 2.55 bits per heavy atom. The Morgan fingerprint density at radius 2 is 1.97 bits per heavy atom. The van der Waals surface area contributed by atoms with Crippen molar-refractivity contribution in [3.05, 3.63) is 59.4 Å². The normalized spacial score (nSPS) is 18.1. The van der Waals surface area contributed by atoms with E-state index in [4.69, 9.17) is 4.74 Å². The fraction of sp³-hybridized carbons (Fsp3) is 0.348. The van der Waals surface area contributed by atoms with Crippen LogP contribution in [-0.4, -0.2) is 70.0 Å². The van der Waals surface area contributed by atoms with Crippen LogP contribution in [0.4, 0.5) is 0 Å². The van der Waals surface area contributed by atoms with E-state index in [1.165, 1.54) is 24.1 Å². The van der Waals surface area contributed by atoms with E-state index in [0.717, 1.165) is 13.1 Å². The molecule has 8 nitrogen and oxygen atoms in total. The first-order chi connectivity index (χ1) is 14.9. The maximum absolute atomic E-state index is 13.0. The van der Waals surface area contributed by atoms with Gasteiger partial charge in [-0.25, -0.2) is 0 Å². The molecule has 2 heterocycles. The molecule has 0 saturated carbocycles. The van der Waals surface area contributed by atoms with Gasteiger partial charge in [-0.2, -0.15) is 0 Å². The number of carbonyl (C=O) groups excluding carboxylic acids is 2. The molecule has 0 spiro atoms. The number of methoxy groups -OCH3 is 1. The summed E-state index contributed by atoms with van der Waals surface area (Å²) in [6.07, 6.45) is 3.17. The lowest BCUT2D eigenvalue weighted by Gasteiger charge is -2.28. The van der Waals surface area contributed by atoms with Crippen molar-refractivity contribution in [2.75, 3.05) is 33.3 Å². The van der Waals surface area contributed by atoms with Crippen LogP contribution >= 0.6 is 0 Å². The van der Waals surface area contributed by atoms with E-state index in [2.05, 4.69) is 9.88 Å². The molecule has 1 amide bonds. The van der Waals surface area contributed by atoms with Crippen LogP contribution < -0.4 is 4.74 Å². The summed E-state index contributed by atoms with van der Waals surface area (Å²) in [4.78, 5) is 33.6. The number of aliphatic hydroxyl groups excluding tert-OH is 1. The maximum atomic E-state index is 13.0. The van der Waals surface area contributed by atoms with Crippen molar-refractivity contribution in [2.24, 2.45) is 0 Å². The molecule has 2 N–H and O–H groups in total. The number of likely N-dealkylation sites (N-methyl/N-ethyl adjacent to an activating group) is 1. The van der Waals surface area contributed by atoms with Crippen molar-refractivity contribution in [3.8, 4) is 11.5 Å². The first-order valence-electron chi connectivity index (χ1n) is 10.2. The highest BCUT2D eigenvalue weighted by molar-refractivity contribution is 6.46. The minimum Gasteiger partial charge on any atom is -0.507 e. The number of likely N-dealkylation sites (tertiary alicyclic amines) is 1. The van der Waals surface area contributed by atoms with Crippen LogP contribution in [0.2, 0.25) is 0 Å². The molecule has 31 heavy (non-hydrogen) atoms. The summed E-state index contributed by atoms with van der Waals surface area (Å²) < 4.78 is 5.08. The Bertz CT molecular complexity index is 986. The van der Waals surface area contributed by atoms with Crippen LogP contribution in [0.5, 0.6) is 11.5 Å². The molecule has 1 aromatic heterocycles. The van der Waals surface area contributed by atoms with Gasteiger partial charge < -0.3 is 24.7 Å². The first kappa shape index (κ1) is 22.3. The number of phenols is 1. The SMILES string of the molecule is CCN(CC)CCN1C(=O)C(=O)C(=C(O)c2ccc(OC)cc2O)[C@@H]1c1cccnc1. The molecule has 3 rings (SSSR count). The lowest BCUT2D eigenvalue weighted by Crippen LogP contribution is -2.38. The number of aromatic hydroxyl groups is 1. The summed E-state index contributed by atoms with van der Waals surface area (Å²) >= 11 is 0. The van der Waals surface area contributed by atoms with Gasteiger partial charge in [0.25, 0.3) is 11.7 Å². The Morgan fingerprint density at radius 1 is 1.23 bits per heavy atom. The number of phenolic OH excluding ortho intramolecular Hbond substituents is 1. The van der Waals surface area contributed by atoms with Gasteiger partial charge >= 0.3 is 0 Å². The first-order valence-corrected chi connectivity index (χ1v) is 10.2. The molecule has 1 aliphatic heterocycles. The van der Waals surface area contributed by atoms with Gasteiger partial charge in [0.15, 0.2) is 0 Å². The quantitative estimate of drug-likeness (QED) is 0.381. The highest BCUT2D eigenvalue weighted by atomic mass is 16.5. The highest BCUT2D eigenvalue weighted by Gasteiger charge is 2.46. The molecule has 1 aromatic carbocycles. The van der Waals surface area contributed by atoms with E-state index < -0.39 is 23.5 Å². The molecule has 1 aliphatic rings. The largest absolute Gasteiger partial charge is 0.507 e. The number of carbonyl (C=O) groups is 2. The summed E-state index contributed by atoms with van der Waals surface area (Å²) in [5.41, 5.74) is 0.588. The molecule has 0 aliphatic carbocycles. The molecular formula is C23H27N3O5. The predicted octanol–water partition coefficient (Wildman–Crippen LogP) is 2.56. The number of pyridine rings is 1. The van der Waals surface area contributed by atoms with E-state index >= 15 is 0 Å². The van der Waals surface area contributed by atoms with Crippen LogP contribution in [0.3, 0.4) is 0 Å². The number of nitrogens with zero attached hydrogens (tertiary/aromatic N) is 3. The minimum absolute atomic E-state index is 0.0523. The van der Waals surface area contributed by atoms with Crippen molar-refractivity contribution in [2.45, 2.75) is 19.9 Å². The lowest BCUT2D eigenvalue weighted by molar-refractivity contribution is -0.140. The van der Waals surface area contributed by atoms with Crippen LogP contribution in [0, 0.1) is 0 Å². The van der Waals surface area contributed by atoms with Gasteiger partial charge in [0.1, 0.15) is 17.3 Å². The van der Waals surface area contributed by atoms with Gasteiger partial charge in [-0.3, -0.25) is 14.6 Å². The minimum atomic E-state index is -0.800. The average Bonchev–Trinajstić information content (AvgIpc) is 3.04. The predicted molar refractivity (Wildman–Crippen MR) is 116 cm³/mol. The van der Waals surface area contributed by atoms with Gasteiger partial charge in [0.2, 0.25) is 0 Å². The van der Waals surface area contributed by atoms with Crippen molar-refractivity contribution >= 4 is 17.4 Å². The molecular weight excluding hydrogens is 398 g/mol. The Hall–Kier alpha value is -3.39. The summed E-state index contributed by atoms with van der Waals surface area (Å²) in [7, 11) is 1.46. The van der Waals surface area contributed by atoms with Gasteiger partial charge in [-0.15, -0.1) is 0 Å². The zero-order valence-corrected chi connectivity index (χ0v) is 17.9. The topological polar surface area (TPSA) is 103 Å². The third-order valence-electron chi connectivity index (χ3n) is 5.55. The number of hydrogen-bond donors (Lipinski definition) is 2. The van der Waals surface area contributed by atoms with Gasteiger partial charge in [0, 0.05) is 31.5 Å². The maximum Gasteiger partial charge on any atom is 0.295 e. The summed E-state index contributed by atoms with van der Waals surface area (Å²) in [6, 6.07) is 7.02. The fourth-order valence-electron chi connectivity index (χ4n) is 3.77. The Labute approximate surface area is 181 Å². The van der Waals surface area contributed by atoms with E-state index in [0.29, 0.717) is 24.4 Å². The number of Topliss-reactive ketones (excluding diaryl/α,β-unsaturated/α-hetero) is 1. The van der Waals surface area contributed by atoms with Crippen LogP contribution in [0.15, 0.2) is 48.3 Å². The van der Waals surface area contributed by atoms with Crippen LogP contribution in [-0.2, 0) is 9.59 Å². The zero-order chi connectivity index (χ0) is 22.5. The molecule has 164 valence electrons. The van der Waals surface area contributed by atoms with Gasteiger partial charge in [-0.05, 0) is 36.9 Å². The number of hydrogen-bond acceptors (Lipinski definition) is 7. The summed E-state index contributed by atoms with van der Waals surface area (Å²) in [5.74, 6) is -1.76. The number of amides is 1. The second-order valence-corrected chi connectivity index (χ2v) is 7.19. The van der Waals surface area contributed by atoms with E-state index in [1.54, 1.807) is 30.6 Å². The van der Waals surface area contributed by atoms with E-state index in [1.807, 2.05) is 13.8 Å². The second kappa shape index (κ2) is 9.61. The summed E-state index contributed by atoms with van der Waals surface area (Å²) in [5, 5.41) is 21.4. The Kier molecular flexibility index (Phi) is 6.91. The molecule has 1 fully saturated rings. The Balaban J connectivity index is 2.10. The van der Waals surface area contributed by atoms with Gasteiger partial charge in [0.05, 0.1) is 24.3 Å². The average molecular weight is 425 g/mol. The number of aliphatic hydroxyl groups is 1. The monoisotopic (exact) mass is 425 g/mol. The molecule has 2 aromatic rings. The second-order valence-electron chi connectivity index (χ2n) is 7.19. The van der Waals surface area contributed by atoms with Gasteiger partial charge in [-0.1, -0.05) is 19.9 Å². The number of ether oxygens (including phenoxy) is 1. The smallest absolute Gasteiger partial charge is 0.295 e. The number of rotatable bonds is 8. The van der Waals surface area contributed by atoms with E-state index in [-0.39, 0.29) is 16.9 Å². The van der Waals surface area contributed by atoms with E-state index in [9.17, 15) is 19.8 Å². The lowest BCUT2D eigenvalue weighted by atomic mass is 9.96. The summed E-state index contributed by atoms with van der Waals surface area (Å²) in [6.45, 7) is 6.60. The molecule has 0 bridgehead atoms. The molecule has 1 atom stereocenters. The third kappa shape index (κ3) is 4.39. The molecule has 0 radical (unpaired) electrons. The fourth-order valence-corrected chi connectivity index (χ4v) is 3.77. The number of ketones is 1. The highest BCUT2D eigenvalue weighted by Crippen LogP contribution is 2.40. The van der Waals surface area contributed by atoms with Crippen LogP contribution in [0.25, 0.3) is 5.76 Å². The van der Waals surface area contributed by atoms with Crippen molar-refractivity contribution in [1.29, 1.82) is 0 Å². The zero-order valence-electron chi connectivity index (χ0n) is 17.9. The molecule has 0 unspecified atom stereocenters.